The van der Waals surface area contributed by atoms with Crippen molar-refractivity contribution in [3.05, 3.63) is 225 Å². The van der Waals surface area contributed by atoms with Gasteiger partial charge in [0.2, 0.25) is 17.0 Å². The van der Waals surface area contributed by atoms with Crippen molar-refractivity contribution in [2.24, 2.45) is 5.73 Å². The molecule has 0 atom stereocenters. The Kier molecular flexibility index (Phi) is 36.3. The third kappa shape index (κ3) is 41.4. The average molecular weight is 1720 g/mol. The second kappa shape index (κ2) is 56.2. The summed E-state index contributed by atoms with van der Waals surface area (Å²) in [6.07, 6.45) is 9.26. The van der Waals surface area contributed by atoms with Gasteiger partial charge in [-0.1, -0.05) is 36.3 Å². The van der Waals surface area contributed by atoms with Crippen LogP contribution in [0.3, 0.4) is 0 Å². The Bertz CT molecular complexity index is 5100. The summed E-state index contributed by atoms with van der Waals surface area (Å²) in [5, 5.41) is 41.5. The minimum absolute atomic E-state index is 0. The topological polar surface area (TPSA) is 241 Å². The zero-order chi connectivity index (χ0) is 95.5. The Morgan fingerprint density at radius 3 is 1.25 bits per heavy atom. The lowest BCUT2D eigenvalue weighted by atomic mass is 9.88. The van der Waals surface area contributed by atoms with Crippen molar-refractivity contribution >= 4 is 134 Å². The molecule has 0 aliphatic rings. The summed E-state index contributed by atoms with van der Waals surface area (Å²) in [4.78, 5) is 30.4. The summed E-state index contributed by atoms with van der Waals surface area (Å²) >= 11 is 7.29. The Morgan fingerprint density at radius 1 is 0.541 bits per heavy atom. The smallest absolute Gasteiger partial charge is 0.373 e. The van der Waals surface area contributed by atoms with Crippen LogP contribution in [-0.4, -0.2) is 129 Å². The number of nitrogens with two attached hydrogens (primary N) is 1. The summed E-state index contributed by atoms with van der Waals surface area (Å²) in [6.45, 7) is 9.78. The maximum Gasteiger partial charge on any atom is 0.373 e. The third-order valence-electron chi connectivity index (χ3n) is 13.7. The lowest BCUT2D eigenvalue weighted by Gasteiger charge is -2.10. The Morgan fingerprint density at radius 2 is 0.890 bits per heavy atom. The minimum Gasteiger partial charge on any atom is -0.497 e. The molecule has 0 aliphatic carbocycles. The summed E-state index contributed by atoms with van der Waals surface area (Å²) in [7, 11) is -16.8. The zero-order valence-corrected chi connectivity index (χ0v) is 64.3. The van der Waals surface area contributed by atoms with Gasteiger partial charge < -0.3 is 70.2 Å². The van der Waals surface area contributed by atoms with Crippen LogP contribution in [0.2, 0.25) is 20.5 Å². The molecule has 17 nitrogen and oxygen atoms in total. The predicted molar refractivity (Wildman–Crippen MR) is 445 cm³/mol. The van der Waals surface area contributed by atoms with Crippen molar-refractivity contribution in [1.82, 2.24) is 21.0 Å². The van der Waals surface area contributed by atoms with Gasteiger partial charge in [-0.25, -0.2) is 17.6 Å². The fourth-order valence-electron chi connectivity index (χ4n) is 8.94. The molecule has 0 heterocycles. The number of hydrogen-bond acceptors (Lipinski definition) is 16. The number of aldehydes is 1. The number of nitrogens with one attached hydrogen (secondary N) is 4. The van der Waals surface area contributed by atoms with Crippen molar-refractivity contribution in [3.63, 3.8) is 0 Å². The predicted octanol–water partition coefficient (Wildman–Crippen LogP) is 15.7. The number of fused-ring (bicyclic) bond motifs is 3. The second-order valence-corrected chi connectivity index (χ2v) is 23.5. The van der Waals surface area contributed by atoms with Gasteiger partial charge in [-0.05, 0) is 293 Å². The normalized spacial score (nSPS) is 13.4. The third-order valence-corrected chi connectivity index (χ3v) is 14.0. The number of halogens is 9. The van der Waals surface area contributed by atoms with Gasteiger partial charge in [-0.3, -0.25) is 14.4 Å². The average Bonchev–Trinajstić information content (AvgIpc) is 0.808. The standard InChI is InChI=1S/C15H16FNO2.C14H16BF2NO2.C14H17BFNO2.C13H14FNO.C9H8BrFO.C8H8O2.C5H10BNO.C2H3ClO.HI/c1-10(18)17-6-5-12-8-13(16)7-11-3-4-14(19-2)9-15(11)12;1-15(19)18-10-4-3-5-13(16)14(17)11-6-8-12(20-2)9-7-11;1-15(18)17-6-5-11-8-12(16)7-10-3-4-13(19-2)9-14(10)11;1-16-12-3-2-9-6-11(14)7-10(4-5-15)13(9)8-12;1-12-8-4-2-7(3-5-8)6-9(10)11;1-10-8-4-2-7(6-9)3-5-8;1-3-4-5-7-6(2)8;1-2(3)4;/h3-4,7-9H,5-6H2,1-2H3,(H,17,18);6-9,18-19H,4,10H2,1-2H3;3-4,7-9,17-18H,5-6H2,1-2H3;2-3,6-8H,4-5,15H2,1H3;2-6H,1H3;2-6H,1H3;1,7-8H,4-5H2,2H3;1H3;1H/b;14-13-;;;;;;;/i3*2D3;3*1D3;;;. The molecule has 9 aromatic carbocycles. The highest BCUT2D eigenvalue weighted by Gasteiger charge is 2.12. The molecule has 0 saturated heterocycles. The second-order valence-electron chi connectivity index (χ2n) is 22.2. The van der Waals surface area contributed by atoms with Crippen molar-refractivity contribution in [2.75, 3.05) is 75.0 Å². The van der Waals surface area contributed by atoms with Gasteiger partial charge in [0.25, 0.3) is 0 Å². The largest absolute Gasteiger partial charge is 0.497 e. The number of rotatable bonds is 24. The van der Waals surface area contributed by atoms with Crippen molar-refractivity contribution in [1.29, 1.82) is 0 Å². The maximum absolute atomic E-state index is 13.8. The van der Waals surface area contributed by atoms with Gasteiger partial charge >= 0.3 is 21.2 Å². The van der Waals surface area contributed by atoms with E-state index < -0.39 is 79.8 Å². The van der Waals surface area contributed by atoms with E-state index in [9.17, 15) is 45.8 Å². The van der Waals surface area contributed by atoms with Crippen LogP contribution in [0.4, 0.5) is 26.3 Å². The highest BCUT2D eigenvalue weighted by Crippen LogP contribution is 2.29. The van der Waals surface area contributed by atoms with E-state index in [0.717, 1.165) is 21.9 Å². The van der Waals surface area contributed by atoms with Crippen LogP contribution in [0, 0.1) is 41.6 Å². The van der Waals surface area contributed by atoms with Crippen LogP contribution in [-0.2, 0) is 28.9 Å². The summed E-state index contributed by atoms with van der Waals surface area (Å²) < 4.78 is 234. The highest BCUT2D eigenvalue weighted by atomic mass is 127. The van der Waals surface area contributed by atoms with E-state index in [-0.39, 0.29) is 99.1 Å². The van der Waals surface area contributed by atoms with Gasteiger partial charge in [-0.2, -0.15) is 8.78 Å². The number of allylic oxidation sites excluding steroid dienone is 1. The quantitative estimate of drug-likeness (QED) is 0.00533. The summed E-state index contributed by atoms with van der Waals surface area (Å²) in [5.74, 6) is 4.47. The van der Waals surface area contributed by atoms with Gasteiger partial charge in [0.05, 0.1) is 66.9 Å². The Labute approximate surface area is 691 Å². The zero-order valence-electron chi connectivity index (χ0n) is 77.6. The number of amides is 1. The van der Waals surface area contributed by atoms with E-state index in [2.05, 4.69) is 80.5 Å². The first-order valence-electron chi connectivity index (χ1n) is 41.4. The number of carbonyl (C=O) groups excluding carboxylic acids is 3. The van der Waals surface area contributed by atoms with Crippen molar-refractivity contribution < 1.29 is 109 Å². The molecule has 0 spiro atoms. The molecular weight excluding hydrogens is 1610 g/mol. The van der Waals surface area contributed by atoms with E-state index in [1.807, 2.05) is 0 Å². The Hall–Kier alpha value is -9.04. The molecule has 0 fully saturated rings. The van der Waals surface area contributed by atoms with Crippen LogP contribution >= 0.6 is 51.5 Å². The molecule has 29 heteroatoms. The first-order chi connectivity index (χ1) is 58.4. The van der Waals surface area contributed by atoms with E-state index >= 15 is 0 Å². The van der Waals surface area contributed by atoms with Crippen molar-refractivity contribution in [3.8, 4) is 58.7 Å². The molecule has 109 heavy (non-hydrogen) atoms. The van der Waals surface area contributed by atoms with Crippen LogP contribution in [0.1, 0.15) is 89.5 Å². The Balaban J connectivity index is 0.000000747. The number of hydrogen-bond donors (Lipinski definition) is 8. The molecule has 582 valence electrons. The monoisotopic (exact) mass is 1720 g/mol. The van der Waals surface area contributed by atoms with Crippen LogP contribution in [0.15, 0.2) is 174 Å². The fraction of sp³-hybridized carbons (Fsp3) is 0.263. The molecule has 9 N–H and O–H groups in total. The van der Waals surface area contributed by atoms with Gasteiger partial charge in [0, 0.05) is 44.4 Å². The number of methoxy groups -OCH3 is 6. The SMILES string of the molecule is C#CCCNB(C)O.CC(=O)Cl.I.[2H]C([2H])([2H])Oc1ccc(/C(F)=C(/F)C#CCCNB(C)O)cc1.[2H]C([2H])([2H])Oc1ccc(C=C(F)Br)cc1.[2H]C([2H])([2H])Oc1ccc(C=O)cc1.[2H]C([2H])([2H])Oc1ccc2cc(F)cc(CCN)c2c1.[2H]C([2H])([2H])Oc1ccc2cc(F)cc(CCNB(C)O)c2c1.[2H]C([2H])([2H])Oc1ccc2cc(F)cc(CCNC(C)=O)c2c1. The van der Waals surface area contributed by atoms with E-state index in [4.69, 9.17) is 61.1 Å². The number of benzene rings is 9. The molecule has 0 radical (unpaired) electrons. The number of carbonyl (C=O) groups is 3. The molecule has 0 saturated carbocycles. The molecule has 0 aromatic heterocycles. The first kappa shape index (κ1) is 70.4. The lowest BCUT2D eigenvalue weighted by molar-refractivity contribution is -0.119. The van der Waals surface area contributed by atoms with E-state index in [1.54, 1.807) is 62.2 Å². The molecule has 0 bridgehead atoms. The van der Waals surface area contributed by atoms with Gasteiger partial charge in [0.15, 0.2) is 10.6 Å². The summed E-state index contributed by atoms with van der Waals surface area (Å²) in [5.41, 5.74) is 8.67. The van der Waals surface area contributed by atoms with E-state index in [0.29, 0.717) is 103 Å². The molecule has 9 rings (SSSR count). The van der Waals surface area contributed by atoms with Crippen LogP contribution in [0.5, 0.6) is 34.5 Å². The number of terminal acetylenes is 1. The molecule has 0 unspecified atom stereocenters. The summed E-state index contributed by atoms with van der Waals surface area (Å²) in [6, 6.07) is 39.3. The van der Waals surface area contributed by atoms with Crippen LogP contribution in [0.25, 0.3) is 44.2 Å². The van der Waals surface area contributed by atoms with Gasteiger partial charge in [-0.15, -0.1) is 36.3 Å². The lowest BCUT2D eigenvalue weighted by Crippen LogP contribution is -2.32. The molecule has 0 aliphatic heterocycles. The van der Waals surface area contributed by atoms with Crippen LogP contribution < -0.4 is 55.2 Å². The van der Waals surface area contributed by atoms with Gasteiger partial charge in [0.1, 0.15) is 58.2 Å². The van der Waals surface area contributed by atoms with Crippen molar-refractivity contribution in [2.45, 2.75) is 66.4 Å². The molecule has 1 amide bonds. The maximum atomic E-state index is 13.8. The highest BCUT2D eigenvalue weighted by molar-refractivity contribution is 14.0. The first-order valence-corrected chi connectivity index (χ1v) is 33.5. The van der Waals surface area contributed by atoms with E-state index in [1.165, 1.54) is 142 Å². The molecular formula is C80H93B3BrClF6IN5O12. The fourth-order valence-corrected chi connectivity index (χ4v) is 9.20. The number of ether oxygens (including phenoxy) is 6. The minimum atomic E-state index is -2.60. The molecule has 9 aromatic rings.